The van der Waals surface area contributed by atoms with Crippen LogP contribution in [0.25, 0.3) is 0 Å². The first kappa shape index (κ1) is 17.4. The van der Waals surface area contributed by atoms with Gasteiger partial charge in [-0.2, -0.15) is 0 Å². The molecule has 0 saturated carbocycles. The van der Waals surface area contributed by atoms with Crippen molar-refractivity contribution < 1.29 is 14.0 Å². The molecule has 0 saturated heterocycles. The Morgan fingerprint density at radius 3 is 2.33 bits per heavy atom. The number of halogens is 1. The van der Waals surface area contributed by atoms with Gasteiger partial charge in [0.25, 0.3) is 11.8 Å². The molecule has 0 atom stereocenters. The second kappa shape index (κ2) is 8.62. The number of rotatable bonds is 7. The second-order valence-electron chi connectivity index (χ2n) is 5.18. The van der Waals surface area contributed by atoms with Crippen LogP contribution in [0, 0.1) is 5.82 Å². The molecular formula is C19H19FN2O2. The van der Waals surface area contributed by atoms with E-state index in [9.17, 15) is 14.0 Å². The quantitative estimate of drug-likeness (QED) is 0.769. The van der Waals surface area contributed by atoms with Crippen molar-refractivity contribution in [2.75, 3.05) is 13.1 Å². The Balaban J connectivity index is 1.94. The molecule has 2 rings (SSSR count). The maximum absolute atomic E-state index is 13.5. The third-order valence-electron chi connectivity index (χ3n) is 3.43. The van der Waals surface area contributed by atoms with E-state index in [-0.39, 0.29) is 17.6 Å². The molecule has 0 unspecified atom stereocenters. The molecule has 4 nitrogen and oxygen atoms in total. The lowest BCUT2D eigenvalue weighted by molar-refractivity contribution is 0.0954. The van der Waals surface area contributed by atoms with Crippen molar-refractivity contribution in [3.05, 3.63) is 83.7 Å². The highest BCUT2D eigenvalue weighted by atomic mass is 19.1. The Bertz CT molecular complexity index is 744. The van der Waals surface area contributed by atoms with Gasteiger partial charge < -0.3 is 10.6 Å². The lowest BCUT2D eigenvalue weighted by Gasteiger charge is -2.08. The second-order valence-corrected chi connectivity index (χ2v) is 5.18. The zero-order chi connectivity index (χ0) is 17.4. The van der Waals surface area contributed by atoms with Crippen molar-refractivity contribution in [3.8, 4) is 0 Å². The molecule has 0 heterocycles. The summed E-state index contributed by atoms with van der Waals surface area (Å²) < 4.78 is 13.5. The van der Waals surface area contributed by atoms with Gasteiger partial charge in [0.15, 0.2) is 0 Å². The molecule has 2 aromatic rings. The van der Waals surface area contributed by atoms with E-state index in [1.165, 1.54) is 12.1 Å². The summed E-state index contributed by atoms with van der Waals surface area (Å²) in [5, 5.41) is 5.39. The fourth-order valence-electron chi connectivity index (χ4n) is 2.18. The number of carbonyl (C=O) groups excluding carboxylic acids is 2. The van der Waals surface area contributed by atoms with Gasteiger partial charge >= 0.3 is 0 Å². The zero-order valence-corrected chi connectivity index (χ0v) is 13.2. The van der Waals surface area contributed by atoms with Crippen LogP contribution in [-0.4, -0.2) is 24.9 Å². The molecule has 0 aliphatic heterocycles. The number of nitrogens with one attached hydrogen (secondary N) is 2. The molecule has 0 bridgehead atoms. The molecule has 0 aliphatic rings. The van der Waals surface area contributed by atoms with Crippen LogP contribution >= 0.6 is 0 Å². The summed E-state index contributed by atoms with van der Waals surface area (Å²) in [6.07, 6.45) is 1.98. The van der Waals surface area contributed by atoms with Crippen molar-refractivity contribution in [2.24, 2.45) is 0 Å². The molecule has 0 fully saturated rings. The van der Waals surface area contributed by atoms with Crippen LogP contribution in [0.15, 0.2) is 61.2 Å². The van der Waals surface area contributed by atoms with Gasteiger partial charge in [-0.05, 0) is 36.2 Å². The van der Waals surface area contributed by atoms with E-state index in [1.54, 1.807) is 42.5 Å². The van der Waals surface area contributed by atoms with E-state index in [0.717, 1.165) is 0 Å². The van der Waals surface area contributed by atoms with Gasteiger partial charge in [-0.25, -0.2) is 4.39 Å². The average molecular weight is 326 g/mol. The number of carbonyl (C=O) groups is 2. The Labute approximate surface area is 140 Å². The largest absolute Gasteiger partial charge is 0.352 e. The normalized spacial score (nSPS) is 10.0. The predicted octanol–water partition coefficient (Wildman–Crippen LogP) is 2.71. The minimum absolute atomic E-state index is 0.268. The van der Waals surface area contributed by atoms with Crippen molar-refractivity contribution in [2.45, 2.75) is 6.42 Å². The van der Waals surface area contributed by atoms with Crippen LogP contribution in [0.1, 0.15) is 26.3 Å². The van der Waals surface area contributed by atoms with Crippen LogP contribution in [0.5, 0.6) is 0 Å². The van der Waals surface area contributed by atoms with Crippen molar-refractivity contribution >= 4 is 11.8 Å². The molecule has 2 aromatic carbocycles. The van der Waals surface area contributed by atoms with E-state index in [0.29, 0.717) is 36.2 Å². The summed E-state index contributed by atoms with van der Waals surface area (Å²) in [7, 11) is 0. The minimum atomic E-state index is -0.301. The van der Waals surface area contributed by atoms with Gasteiger partial charge in [0.05, 0.1) is 0 Å². The van der Waals surface area contributed by atoms with Crippen molar-refractivity contribution in [1.82, 2.24) is 10.6 Å². The molecule has 2 N–H and O–H groups in total. The van der Waals surface area contributed by atoms with Crippen molar-refractivity contribution in [1.29, 1.82) is 0 Å². The molecule has 5 heteroatoms. The van der Waals surface area contributed by atoms with E-state index in [2.05, 4.69) is 17.2 Å². The van der Waals surface area contributed by atoms with E-state index < -0.39 is 0 Å². The molecule has 124 valence electrons. The average Bonchev–Trinajstić information content (AvgIpc) is 2.61. The number of amides is 2. The Hall–Kier alpha value is -2.95. The molecular weight excluding hydrogens is 307 g/mol. The van der Waals surface area contributed by atoms with Crippen LogP contribution in [-0.2, 0) is 6.42 Å². The summed E-state index contributed by atoms with van der Waals surface area (Å²) in [4.78, 5) is 24.0. The molecule has 0 aromatic heterocycles. The summed E-state index contributed by atoms with van der Waals surface area (Å²) in [6, 6.07) is 12.9. The molecule has 0 aliphatic carbocycles. The smallest absolute Gasteiger partial charge is 0.251 e. The summed E-state index contributed by atoms with van der Waals surface area (Å²) in [5.74, 6) is -0.853. The maximum atomic E-state index is 13.5. The maximum Gasteiger partial charge on any atom is 0.251 e. The fourth-order valence-corrected chi connectivity index (χ4v) is 2.18. The van der Waals surface area contributed by atoms with Crippen molar-refractivity contribution in [3.63, 3.8) is 0 Å². The Morgan fingerprint density at radius 2 is 1.67 bits per heavy atom. The van der Waals surface area contributed by atoms with E-state index in [1.807, 2.05) is 0 Å². The third-order valence-corrected chi connectivity index (χ3v) is 3.43. The van der Waals surface area contributed by atoms with E-state index in [4.69, 9.17) is 0 Å². The van der Waals surface area contributed by atoms with E-state index >= 15 is 0 Å². The summed E-state index contributed by atoms with van der Waals surface area (Å²) in [6.45, 7) is 4.20. The highest BCUT2D eigenvalue weighted by Crippen LogP contribution is 2.08. The lowest BCUT2D eigenvalue weighted by atomic mass is 10.1. The highest BCUT2D eigenvalue weighted by Gasteiger charge is 2.10. The molecule has 0 radical (unpaired) electrons. The molecule has 24 heavy (non-hydrogen) atoms. The highest BCUT2D eigenvalue weighted by molar-refractivity contribution is 5.99. The van der Waals surface area contributed by atoms with Gasteiger partial charge in [0, 0.05) is 24.2 Å². The standard InChI is InChI=1S/C19H19FN2O2/c1-2-11-21-18(23)15-7-5-8-16(13-15)19(24)22-12-10-14-6-3-4-9-17(14)20/h2-9,13H,1,10-12H2,(H,21,23)(H,22,24). The Kier molecular flexibility index (Phi) is 6.25. The Morgan fingerprint density at radius 1 is 1.00 bits per heavy atom. The first-order valence-corrected chi connectivity index (χ1v) is 7.62. The first-order chi connectivity index (χ1) is 11.6. The minimum Gasteiger partial charge on any atom is -0.352 e. The lowest BCUT2D eigenvalue weighted by Crippen LogP contribution is -2.27. The molecule has 2 amide bonds. The fraction of sp³-hybridized carbons (Fsp3) is 0.158. The first-order valence-electron chi connectivity index (χ1n) is 7.62. The van der Waals surface area contributed by atoms with Crippen LogP contribution in [0.4, 0.5) is 4.39 Å². The third kappa shape index (κ3) is 4.78. The van der Waals surface area contributed by atoms with Crippen LogP contribution < -0.4 is 10.6 Å². The number of benzene rings is 2. The van der Waals surface area contributed by atoms with Gasteiger partial charge in [-0.3, -0.25) is 9.59 Å². The molecule has 0 spiro atoms. The zero-order valence-electron chi connectivity index (χ0n) is 13.2. The monoisotopic (exact) mass is 326 g/mol. The topological polar surface area (TPSA) is 58.2 Å². The van der Waals surface area contributed by atoms with Gasteiger partial charge in [-0.15, -0.1) is 6.58 Å². The number of hydrogen-bond acceptors (Lipinski definition) is 2. The summed E-state index contributed by atoms with van der Waals surface area (Å²) >= 11 is 0. The number of hydrogen-bond donors (Lipinski definition) is 2. The predicted molar refractivity (Wildman–Crippen MR) is 91.4 cm³/mol. The van der Waals surface area contributed by atoms with Gasteiger partial charge in [0.1, 0.15) is 5.82 Å². The van der Waals surface area contributed by atoms with Crippen LogP contribution in [0.3, 0.4) is 0 Å². The van der Waals surface area contributed by atoms with Gasteiger partial charge in [0.2, 0.25) is 0 Å². The SMILES string of the molecule is C=CCNC(=O)c1cccc(C(=O)NCCc2ccccc2F)c1. The van der Waals surface area contributed by atoms with Gasteiger partial charge in [-0.1, -0.05) is 30.3 Å². The van der Waals surface area contributed by atoms with Crippen LogP contribution in [0.2, 0.25) is 0 Å². The summed E-state index contributed by atoms with van der Waals surface area (Å²) in [5.41, 5.74) is 1.34.